The van der Waals surface area contributed by atoms with Gasteiger partial charge in [-0.05, 0) is 37.8 Å². The second kappa shape index (κ2) is 14.2. The first kappa shape index (κ1) is 24.6. The molecule has 3 rings (SSSR count). The number of carbonyl (C=O) groups is 2. The lowest BCUT2D eigenvalue weighted by molar-refractivity contribution is -0.0721. The van der Waals surface area contributed by atoms with Gasteiger partial charge in [0.05, 0.1) is 64.0 Å². The summed E-state index contributed by atoms with van der Waals surface area (Å²) in [6.45, 7) is 6.41. The van der Waals surface area contributed by atoms with E-state index in [0.29, 0.717) is 37.9 Å². The lowest BCUT2D eigenvalue weighted by atomic mass is 10.1. The van der Waals surface area contributed by atoms with Crippen molar-refractivity contribution in [2.75, 3.05) is 66.1 Å². The van der Waals surface area contributed by atoms with Crippen LogP contribution in [0.3, 0.4) is 0 Å². The SMILES string of the molecule is O=C(OCCCCOCC1COC1)c1ccccc1C(=O)OCCCCOCC1COC1. The zero-order valence-electron chi connectivity index (χ0n) is 18.6. The Morgan fingerprint density at radius 1 is 0.688 bits per heavy atom. The number of esters is 2. The zero-order valence-corrected chi connectivity index (χ0v) is 18.6. The van der Waals surface area contributed by atoms with Crippen LogP contribution in [-0.4, -0.2) is 78.0 Å². The normalized spacial score (nSPS) is 16.2. The maximum absolute atomic E-state index is 12.4. The minimum absolute atomic E-state index is 0.227. The highest BCUT2D eigenvalue weighted by Gasteiger charge is 2.20. The molecule has 8 nitrogen and oxygen atoms in total. The first-order valence-electron chi connectivity index (χ1n) is 11.5. The van der Waals surface area contributed by atoms with Gasteiger partial charge in [0.1, 0.15) is 0 Å². The fourth-order valence-electron chi connectivity index (χ4n) is 3.20. The Hall–Kier alpha value is -2.00. The van der Waals surface area contributed by atoms with Crippen molar-refractivity contribution < 1.29 is 38.0 Å². The van der Waals surface area contributed by atoms with Crippen molar-refractivity contribution >= 4 is 11.9 Å². The largest absolute Gasteiger partial charge is 0.462 e. The summed E-state index contributed by atoms with van der Waals surface area (Å²) >= 11 is 0. The van der Waals surface area contributed by atoms with E-state index < -0.39 is 11.9 Å². The third kappa shape index (κ3) is 8.50. The highest BCUT2D eigenvalue weighted by Crippen LogP contribution is 2.14. The maximum Gasteiger partial charge on any atom is 0.339 e. The smallest absolute Gasteiger partial charge is 0.339 e. The second-order valence-corrected chi connectivity index (χ2v) is 8.19. The van der Waals surface area contributed by atoms with Gasteiger partial charge in [0.25, 0.3) is 0 Å². The Labute approximate surface area is 189 Å². The van der Waals surface area contributed by atoms with E-state index in [0.717, 1.165) is 52.5 Å². The van der Waals surface area contributed by atoms with Gasteiger partial charge in [0.15, 0.2) is 0 Å². The first-order chi connectivity index (χ1) is 15.7. The van der Waals surface area contributed by atoms with Crippen LogP contribution in [0.1, 0.15) is 46.4 Å². The van der Waals surface area contributed by atoms with Crippen LogP contribution in [0.15, 0.2) is 24.3 Å². The van der Waals surface area contributed by atoms with Crippen LogP contribution in [0.4, 0.5) is 0 Å². The predicted molar refractivity (Wildman–Crippen MR) is 116 cm³/mol. The summed E-state index contributed by atoms with van der Waals surface area (Å²) < 4.78 is 32.0. The average Bonchev–Trinajstić information content (AvgIpc) is 2.74. The molecule has 8 heteroatoms. The van der Waals surface area contributed by atoms with Gasteiger partial charge >= 0.3 is 11.9 Å². The molecule has 0 aliphatic carbocycles. The third-order valence-electron chi connectivity index (χ3n) is 5.32. The monoisotopic (exact) mass is 450 g/mol. The molecule has 0 bridgehead atoms. The minimum atomic E-state index is -0.515. The molecule has 0 radical (unpaired) electrons. The van der Waals surface area contributed by atoms with Crippen molar-refractivity contribution in [3.8, 4) is 0 Å². The number of unbranched alkanes of at least 4 members (excludes halogenated alkanes) is 2. The Morgan fingerprint density at radius 2 is 1.09 bits per heavy atom. The van der Waals surface area contributed by atoms with Crippen molar-refractivity contribution in [3.63, 3.8) is 0 Å². The molecule has 2 aliphatic heterocycles. The van der Waals surface area contributed by atoms with Gasteiger partial charge in [-0.2, -0.15) is 0 Å². The van der Waals surface area contributed by atoms with Crippen molar-refractivity contribution in [1.82, 2.24) is 0 Å². The molecule has 0 spiro atoms. The number of hydrogen-bond donors (Lipinski definition) is 0. The fourth-order valence-corrected chi connectivity index (χ4v) is 3.20. The number of hydrogen-bond acceptors (Lipinski definition) is 8. The number of carbonyl (C=O) groups excluding carboxylic acids is 2. The molecule has 0 unspecified atom stereocenters. The van der Waals surface area contributed by atoms with E-state index in [1.807, 2.05) is 0 Å². The van der Waals surface area contributed by atoms with Gasteiger partial charge < -0.3 is 28.4 Å². The molecular formula is C24H34O8. The summed E-state index contributed by atoms with van der Waals surface area (Å²) in [7, 11) is 0. The zero-order chi connectivity index (χ0) is 22.4. The van der Waals surface area contributed by atoms with E-state index >= 15 is 0 Å². The molecule has 0 saturated carbocycles. The van der Waals surface area contributed by atoms with Gasteiger partial charge in [-0.3, -0.25) is 0 Å². The molecule has 32 heavy (non-hydrogen) atoms. The number of rotatable bonds is 16. The van der Waals surface area contributed by atoms with Crippen LogP contribution in [0.5, 0.6) is 0 Å². The standard InChI is InChI=1S/C24H34O8/c25-23(31-11-5-3-9-27-13-19-15-29-16-19)21-7-1-2-8-22(21)24(26)32-12-6-4-10-28-14-20-17-30-18-20/h1-2,7-8,19-20H,3-6,9-18H2. The predicted octanol–water partition coefficient (Wildman–Crippen LogP) is 2.89. The molecule has 2 saturated heterocycles. The van der Waals surface area contributed by atoms with E-state index in [9.17, 15) is 9.59 Å². The number of benzene rings is 1. The van der Waals surface area contributed by atoms with Crippen molar-refractivity contribution in [2.45, 2.75) is 25.7 Å². The van der Waals surface area contributed by atoms with E-state index in [4.69, 9.17) is 28.4 Å². The van der Waals surface area contributed by atoms with Gasteiger partial charge in [-0.25, -0.2) is 9.59 Å². The molecule has 0 N–H and O–H groups in total. The van der Waals surface area contributed by atoms with E-state index in [1.165, 1.54) is 0 Å². The topological polar surface area (TPSA) is 89.5 Å². The molecule has 2 heterocycles. The van der Waals surface area contributed by atoms with Crippen LogP contribution in [0.2, 0.25) is 0 Å². The van der Waals surface area contributed by atoms with Gasteiger partial charge in [0, 0.05) is 25.0 Å². The highest BCUT2D eigenvalue weighted by molar-refractivity contribution is 6.03. The Morgan fingerprint density at radius 3 is 1.47 bits per heavy atom. The third-order valence-corrected chi connectivity index (χ3v) is 5.32. The molecule has 1 aromatic rings. The molecule has 2 fully saturated rings. The minimum Gasteiger partial charge on any atom is -0.462 e. The molecule has 178 valence electrons. The Balaban J connectivity index is 1.27. The molecule has 0 amide bonds. The molecule has 2 aliphatic rings. The molecule has 1 aromatic carbocycles. The van der Waals surface area contributed by atoms with E-state index in [-0.39, 0.29) is 24.3 Å². The average molecular weight is 451 g/mol. The highest BCUT2D eigenvalue weighted by atomic mass is 16.5. The fraction of sp³-hybridized carbons (Fsp3) is 0.667. The number of ether oxygens (including phenoxy) is 6. The van der Waals surface area contributed by atoms with Crippen LogP contribution in [-0.2, 0) is 28.4 Å². The van der Waals surface area contributed by atoms with E-state index in [2.05, 4.69) is 0 Å². The van der Waals surface area contributed by atoms with Crippen molar-refractivity contribution in [3.05, 3.63) is 35.4 Å². The van der Waals surface area contributed by atoms with Crippen LogP contribution < -0.4 is 0 Å². The summed E-state index contributed by atoms with van der Waals surface area (Å²) in [5.41, 5.74) is 0.453. The maximum atomic E-state index is 12.4. The summed E-state index contributed by atoms with van der Waals surface area (Å²) in [5.74, 6) is 0.00624. The lowest BCUT2D eigenvalue weighted by Crippen LogP contribution is -2.31. The van der Waals surface area contributed by atoms with Gasteiger partial charge in [0.2, 0.25) is 0 Å². The van der Waals surface area contributed by atoms with Crippen molar-refractivity contribution in [2.24, 2.45) is 11.8 Å². The second-order valence-electron chi connectivity index (χ2n) is 8.19. The Bertz CT molecular complexity index is 640. The Kier molecular flexibility index (Phi) is 10.9. The van der Waals surface area contributed by atoms with Gasteiger partial charge in [-0.1, -0.05) is 12.1 Å². The lowest BCUT2D eigenvalue weighted by Gasteiger charge is -2.25. The first-order valence-corrected chi connectivity index (χ1v) is 11.5. The van der Waals surface area contributed by atoms with Crippen molar-refractivity contribution in [1.29, 1.82) is 0 Å². The summed E-state index contributed by atoms with van der Waals surface area (Å²) in [4.78, 5) is 24.9. The molecular weight excluding hydrogens is 416 g/mol. The summed E-state index contributed by atoms with van der Waals surface area (Å²) in [6.07, 6.45) is 3.02. The van der Waals surface area contributed by atoms with Crippen LogP contribution in [0, 0.1) is 11.8 Å². The van der Waals surface area contributed by atoms with E-state index in [1.54, 1.807) is 24.3 Å². The van der Waals surface area contributed by atoms with Crippen LogP contribution in [0.25, 0.3) is 0 Å². The summed E-state index contributed by atoms with van der Waals surface area (Å²) in [6, 6.07) is 6.58. The molecule has 0 aromatic heterocycles. The molecule has 0 atom stereocenters. The van der Waals surface area contributed by atoms with Gasteiger partial charge in [-0.15, -0.1) is 0 Å². The summed E-state index contributed by atoms with van der Waals surface area (Å²) in [5, 5.41) is 0. The quantitative estimate of drug-likeness (QED) is 0.281. The van der Waals surface area contributed by atoms with Crippen LogP contribution >= 0.6 is 0 Å².